The van der Waals surface area contributed by atoms with E-state index in [0.29, 0.717) is 5.92 Å². The number of nitrogens with one attached hydrogen (secondary N) is 1. The van der Waals surface area contributed by atoms with Crippen molar-refractivity contribution in [3.63, 3.8) is 0 Å². The molecule has 1 unspecified atom stereocenters. The van der Waals surface area contributed by atoms with Gasteiger partial charge in [-0.25, -0.2) is 0 Å². The Bertz CT molecular complexity index is 532. The highest BCUT2D eigenvalue weighted by Gasteiger charge is 2.03. The number of aliphatic hydroxyl groups excluding tert-OH is 1. The van der Waals surface area contributed by atoms with Gasteiger partial charge in [-0.3, -0.25) is 0 Å². The molecule has 2 aromatic rings. The van der Waals surface area contributed by atoms with Gasteiger partial charge in [0.2, 0.25) is 0 Å². The number of rotatable bonds is 6. The summed E-state index contributed by atoms with van der Waals surface area (Å²) in [6.45, 7) is 6.23. The van der Waals surface area contributed by atoms with Crippen molar-refractivity contribution in [2.24, 2.45) is 5.92 Å². The van der Waals surface area contributed by atoms with Gasteiger partial charge in [-0.1, -0.05) is 42.8 Å². The van der Waals surface area contributed by atoms with Crippen molar-refractivity contribution in [2.75, 3.05) is 13.2 Å². The highest BCUT2D eigenvalue weighted by molar-refractivity contribution is 5.83. The van der Waals surface area contributed by atoms with Crippen LogP contribution >= 0.6 is 0 Å². The molecule has 2 heteroatoms. The van der Waals surface area contributed by atoms with Crippen molar-refractivity contribution in [3.8, 4) is 0 Å². The van der Waals surface area contributed by atoms with Gasteiger partial charge in [-0.15, -0.1) is 0 Å². The highest BCUT2D eigenvalue weighted by atomic mass is 16.3. The quantitative estimate of drug-likeness (QED) is 0.832. The van der Waals surface area contributed by atoms with Gasteiger partial charge in [0.25, 0.3) is 0 Å². The van der Waals surface area contributed by atoms with Crippen LogP contribution in [0.2, 0.25) is 0 Å². The van der Waals surface area contributed by atoms with E-state index in [-0.39, 0.29) is 6.61 Å². The fourth-order valence-corrected chi connectivity index (χ4v) is 2.28. The minimum absolute atomic E-state index is 0.264. The van der Waals surface area contributed by atoms with Crippen molar-refractivity contribution in [1.82, 2.24) is 5.32 Å². The summed E-state index contributed by atoms with van der Waals surface area (Å²) in [5.41, 5.74) is 2.59. The van der Waals surface area contributed by atoms with E-state index in [1.165, 1.54) is 21.9 Å². The molecule has 2 nitrogen and oxygen atoms in total. The first-order chi connectivity index (χ1) is 9.22. The Morgan fingerprint density at radius 1 is 1.11 bits per heavy atom. The van der Waals surface area contributed by atoms with Crippen LogP contribution in [-0.2, 0) is 6.54 Å². The Labute approximate surface area is 115 Å². The molecule has 0 aliphatic carbocycles. The fourth-order valence-electron chi connectivity index (χ4n) is 2.28. The van der Waals surface area contributed by atoms with Crippen LogP contribution in [0.3, 0.4) is 0 Å². The Morgan fingerprint density at radius 3 is 2.58 bits per heavy atom. The summed E-state index contributed by atoms with van der Waals surface area (Å²) in [6.07, 6.45) is 1.01. The van der Waals surface area contributed by atoms with Crippen molar-refractivity contribution in [1.29, 1.82) is 0 Å². The van der Waals surface area contributed by atoms with E-state index < -0.39 is 0 Å². The first-order valence-electron chi connectivity index (χ1n) is 7.03. The molecule has 2 rings (SSSR count). The summed E-state index contributed by atoms with van der Waals surface area (Å²) < 4.78 is 0. The number of aliphatic hydroxyl groups is 1. The minimum Gasteiger partial charge on any atom is -0.396 e. The predicted molar refractivity (Wildman–Crippen MR) is 81.3 cm³/mol. The number of benzene rings is 2. The minimum atomic E-state index is 0.264. The lowest BCUT2D eigenvalue weighted by molar-refractivity contribution is 0.218. The molecule has 0 radical (unpaired) electrons. The van der Waals surface area contributed by atoms with Crippen LogP contribution in [0.4, 0.5) is 0 Å². The molecule has 0 fully saturated rings. The second-order valence-corrected chi connectivity index (χ2v) is 5.27. The second-order valence-electron chi connectivity index (χ2n) is 5.27. The number of fused-ring (bicyclic) bond motifs is 1. The fraction of sp³-hybridized carbons (Fsp3) is 0.412. The van der Waals surface area contributed by atoms with Crippen LogP contribution in [0.5, 0.6) is 0 Å². The molecule has 0 amide bonds. The van der Waals surface area contributed by atoms with Crippen molar-refractivity contribution in [2.45, 2.75) is 26.8 Å². The maximum absolute atomic E-state index is 9.15. The standard InChI is InChI=1S/C17H23NO/c1-3-14(12-19)10-18-11-15-5-7-16-8-13(2)4-6-17(16)9-15/h4-9,14,18-19H,3,10-12H2,1-2H3. The molecule has 0 aliphatic heterocycles. The summed E-state index contributed by atoms with van der Waals surface area (Å²) in [5, 5.41) is 15.2. The highest BCUT2D eigenvalue weighted by Crippen LogP contribution is 2.17. The van der Waals surface area contributed by atoms with E-state index in [1.807, 2.05) is 0 Å². The number of hydrogen-bond acceptors (Lipinski definition) is 2. The maximum atomic E-state index is 9.15. The summed E-state index contributed by atoms with van der Waals surface area (Å²) in [5.74, 6) is 0.364. The molecular weight excluding hydrogens is 234 g/mol. The van der Waals surface area contributed by atoms with Crippen LogP contribution in [-0.4, -0.2) is 18.3 Å². The molecule has 0 aromatic heterocycles. The van der Waals surface area contributed by atoms with Gasteiger partial charge in [0.1, 0.15) is 0 Å². The molecule has 0 bridgehead atoms. The lowest BCUT2D eigenvalue weighted by Gasteiger charge is -2.13. The van der Waals surface area contributed by atoms with E-state index in [0.717, 1.165) is 19.5 Å². The largest absolute Gasteiger partial charge is 0.396 e. The smallest absolute Gasteiger partial charge is 0.0471 e. The second kappa shape index (κ2) is 6.69. The molecule has 0 saturated carbocycles. The Kier molecular flexibility index (Phi) is 4.94. The Morgan fingerprint density at radius 2 is 1.84 bits per heavy atom. The van der Waals surface area contributed by atoms with Crippen LogP contribution in [0.15, 0.2) is 36.4 Å². The average molecular weight is 257 g/mol. The lowest BCUT2D eigenvalue weighted by Crippen LogP contribution is -2.24. The topological polar surface area (TPSA) is 32.3 Å². The lowest BCUT2D eigenvalue weighted by atomic mass is 10.0. The van der Waals surface area contributed by atoms with Gasteiger partial charge in [-0.05, 0) is 41.7 Å². The zero-order chi connectivity index (χ0) is 13.7. The van der Waals surface area contributed by atoms with Crippen LogP contribution < -0.4 is 5.32 Å². The monoisotopic (exact) mass is 257 g/mol. The van der Waals surface area contributed by atoms with Crippen molar-refractivity contribution >= 4 is 10.8 Å². The summed E-state index contributed by atoms with van der Waals surface area (Å²) in [4.78, 5) is 0. The molecule has 0 heterocycles. The molecule has 1 atom stereocenters. The summed E-state index contributed by atoms with van der Waals surface area (Å²) in [6, 6.07) is 13.1. The molecule has 0 spiro atoms. The molecule has 2 N–H and O–H groups in total. The van der Waals surface area contributed by atoms with Gasteiger partial charge in [0, 0.05) is 19.7 Å². The predicted octanol–water partition coefficient (Wildman–Crippen LogP) is 3.26. The van der Waals surface area contributed by atoms with Crippen LogP contribution in [0.25, 0.3) is 10.8 Å². The van der Waals surface area contributed by atoms with E-state index in [4.69, 9.17) is 5.11 Å². The van der Waals surface area contributed by atoms with Crippen molar-refractivity contribution < 1.29 is 5.11 Å². The third-order valence-corrected chi connectivity index (χ3v) is 3.66. The molecule has 0 aliphatic rings. The van der Waals surface area contributed by atoms with Crippen LogP contribution in [0, 0.1) is 12.8 Å². The Balaban J connectivity index is 1.99. The SMILES string of the molecule is CCC(CO)CNCc1ccc2cc(C)ccc2c1. The molecular formula is C17H23NO. The third-order valence-electron chi connectivity index (χ3n) is 3.66. The zero-order valence-corrected chi connectivity index (χ0v) is 11.8. The van der Waals surface area contributed by atoms with Gasteiger partial charge in [-0.2, -0.15) is 0 Å². The van der Waals surface area contributed by atoms with E-state index in [9.17, 15) is 0 Å². The molecule has 102 valence electrons. The molecule has 0 saturated heterocycles. The summed E-state index contributed by atoms with van der Waals surface area (Å²) >= 11 is 0. The van der Waals surface area contributed by atoms with Gasteiger partial charge < -0.3 is 10.4 Å². The van der Waals surface area contributed by atoms with Gasteiger partial charge in [0.05, 0.1) is 0 Å². The summed E-state index contributed by atoms with van der Waals surface area (Å²) in [7, 11) is 0. The van der Waals surface area contributed by atoms with Gasteiger partial charge >= 0.3 is 0 Å². The zero-order valence-electron chi connectivity index (χ0n) is 11.8. The first kappa shape index (κ1) is 14.0. The Hall–Kier alpha value is -1.38. The maximum Gasteiger partial charge on any atom is 0.0471 e. The van der Waals surface area contributed by atoms with E-state index in [1.54, 1.807) is 0 Å². The van der Waals surface area contributed by atoms with Crippen LogP contribution in [0.1, 0.15) is 24.5 Å². The average Bonchev–Trinajstić information content (AvgIpc) is 2.43. The normalized spacial score (nSPS) is 12.8. The first-order valence-corrected chi connectivity index (χ1v) is 7.03. The third kappa shape index (κ3) is 3.79. The van der Waals surface area contributed by atoms with Crippen molar-refractivity contribution in [3.05, 3.63) is 47.5 Å². The van der Waals surface area contributed by atoms with E-state index >= 15 is 0 Å². The number of hydrogen-bond donors (Lipinski definition) is 2. The van der Waals surface area contributed by atoms with Gasteiger partial charge in [0.15, 0.2) is 0 Å². The molecule has 19 heavy (non-hydrogen) atoms. The number of aryl methyl sites for hydroxylation is 1. The van der Waals surface area contributed by atoms with E-state index in [2.05, 4.69) is 55.6 Å². The molecule has 2 aromatic carbocycles.